The van der Waals surface area contributed by atoms with E-state index >= 15 is 0 Å². The molecule has 2 atom stereocenters. The summed E-state index contributed by atoms with van der Waals surface area (Å²) in [6, 6.07) is 3.96. The molecule has 39 heavy (non-hydrogen) atoms. The third kappa shape index (κ3) is 5.30. The number of piperidine rings is 1. The maximum Gasteiger partial charge on any atom is 0.274 e. The lowest BCUT2D eigenvalue weighted by molar-refractivity contribution is 0.0778. The van der Waals surface area contributed by atoms with Gasteiger partial charge in [-0.3, -0.25) is 4.79 Å². The molecule has 7 nitrogen and oxygen atoms in total. The summed E-state index contributed by atoms with van der Waals surface area (Å²) in [7, 11) is 0. The highest BCUT2D eigenvalue weighted by Crippen LogP contribution is 2.41. The summed E-state index contributed by atoms with van der Waals surface area (Å²) in [6.45, 7) is 9.25. The Morgan fingerprint density at radius 3 is 2.41 bits per heavy atom. The lowest BCUT2D eigenvalue weighted by atomic mass is 9.91. The number of fused-ring (bicyclic) bond motifs is 1. The maximum absolute atomic E-state index is 15.0. The molecule has 10 heteroatoms. The zero-order valence-corrected chi connectivity index (χ0v) is 22.3. The predicted molar refractivity (Wildman–Crippen MR) is 141 cm³/mol. The molecule has 1 aromatic carbocycles. The fourth-order valence-electron chi connectivity index (χ4n) is 5.51. The molecule has 0 spiro atoms. The number of anilines is 2. The Hall–Kier alpha value is -3.66. The molecule has 0 bridgehead atoms. The smallest absolute Gasteiger partial charge is 0.274 e. The summed E-state index contributed by atoms with van der Waals surface area (Å²) in [5.41, 5.74) is -0.890. The lowest BCUT2D eigenvalue weighted by Gasteiger charge is -2.38. The van der Waals surface area contributed by atoms with E-state index in [2.05, 4.69) is 34.0 Å². The minimum Gasteiger partial charge on any atom is -0.477 e. The lowest BCUT2D eigenvalue weighted by Crippen LogP contribution is -2.39. The number of benzene rings is 1. The Bertz CT molecular complexity index is 1410. The number of ether oxygens (including phenoxy) is 1. The topological polar surface area (TPSA) is 87.6 Å². The van der Waals surface area contributed by atoms with Crippen LogP contribution in [0, 0.1) is 29.3 Å². The number of nitrogens with zero attached hydrogens (tertiary/aromatic N) is 3. The first-order chi connectivity index (χ1) is 18.4. The van der Waals surface area contributed by atoms with Crippen molar-refractivity contribution < 1.29 is 27.8 Å². The molecule has 1 amide bonds. The van der Waals surface area contributed by atoms with Crippen LogP contribution in [0.15, 0.2) is 30.5 Å². The monoisotopic (exact) mass is 540 g/mol. The summed E-state index contributed by atoms with van der Waals surface area (Å²) >= 11 is 0. The van der Waals surface area contributed by atoms with Crippen molar-refractivity contribution in [3.8, 4) is 17.1 Å². The van der Waals surface area contributed by atoms with Gasteiger partial charge in [0, 0.05) is 25.1 Å². The first-order valence-corrected chi connectivity index (χ1v) is 13.0. The van der Waals surface area contributed by atoms with Gasteiger partial charge >= 0.3 is 0 Å². The van der Waals surface area contributed by atoms with Gasteiger partial charge in [0.2, 0.25) is 5.88 Å². The number of hydrogen-bond acceptors (Lipinski definition) is 6. The molecule has 1 saturated heterocycles. The van der Waals surface area contributed by atoms with E-state index in [1.165, 1.54) is 20.0 Å². The van der Waals surface area contributed by atoms with E-state index < -0.39 is 40.2 Å². The van der Waals surface area contributed by atoms with Crippen molar-refractivity contribution in [3.63, 3.8) is 0 Å². The second kappa shape index (κ2) is 10.1. The molecule has 5 rings (SSSR count). The quantitative estimate of drug-likeness (QED) is 0.447. The van der Waals surface area contributed by atoms with Crippen LogP contribution < -0.4 is 15.0 Å². The normalized spacial score (nSPS) is 19.0. The van der Waals surface area contributed by atoms with Crippen molar-refractivity contribution >= 4 is 17.3 Å². The highest BCUT2D eigenvalue weighted by molar-refractivity contribution is 6.05. The van der Waals surface area contributed by atoms with Gasteiger partial charge in [-0.1, -0.05) is 13.8 Å². The van der Waals surface area contributed by atoms with E-state index in [9.17, 15) is 23.1 Å². The molecule has 1 fully saturated rings. The number of amides is 1. The summed E-state index contributed by atoms with van der Waals surface area (Å²) in [4.78, 5) is 23.9. The van der Waals surface area contributed by atoms with E-state index in [4.69, 9.17) is 4.74 Å². The standard InChI is InChI=1S/C29H31F3N4O3/c1-15-9-16(2)14-36(13-15)26-18-7-8-39-28(18)33-12-23(26)35-27(37)22-6-5-19(30)25(34-22)24-20(31)10-17(11-21(24)32)29(3,4)38/h5-6,10-12,15-16,38H,7-9,13-14H2,1-4H3,(H,35,37)/t15-,16+. The Balaban J connectivity index is 1.50. The van der Waals surface area contributed by atoms with Crippen molar-refractivity contribution in [3.05, 3.63) is 64.7 Å². The molecule has 4 heterocycles. The molecule has 2 aliphatic heterocycles. The average molecular weight is 541 g/mol. The first kappa shape index (κ1) is 26.9. The van der Waals surface area contributed by atoms with Crippen LogP contribution in [-0.4, -0.2) is 40.7 Å². The van der Waals surface area contributed by atoms with Gasteiger partial charge in [0.25, 0.3) is 5.91 Å². The molecule has 0 saturated carbocycles. The molecule has 206 valence electrons. The highest BCUT2D eigenvalue weighted by atomic mass is 19.1. The third-order valence-electron chi connectivity index (χ3n) is 7.20. The number of hydrogen-bond donors (Lipinski definition) is 2. The molecule has 3 aromatic rings. The van der Waals surface area contributed by atoms with E-state index in [1.807, 2.05) is 0 Å². The maximum atomic E-state index is 15.0. The second-order valence-electron chi connectivity index (χ2n) is 11.1. The van der Waals surface area contributed by atoms with Crippen LogP contribution in [-0.2, 0) is 12.0 Å². The van der Waals surface area contributed by atoms with Crippen LogP contribution in [0.3, 0.4) is 0 Å². The van der Waals surface area contributed by atoms with E-state index in [0.29, 0.717) is 36.4 Å². The van der Waals surface area contributed by atoms with Gasteiger partial charge in [0.1, 0.15) is 28.8 Å². The predicted octanol–water partition coefficient (Wildman–Crippen LogP) is 5.46. The molecule has 2 aliphatic rings. The van der Waals surface area contributed by atoms with E-state index in [0.717, 1.165) is 55.0 Å². The van der Waals surface area contributed by atoms with Crippen LogP contribution >= 0.6 is 0 Å². The molecule has 2 N–H and O–H groups in total. The van der Waals surface area contributed by atoms with Gasteiger partial charge in [-0.2, -0.15) is 0 Å². The Labute approximate surface area is 225 Å². The van der Waals surface area contributed by atoms with Crippen molar-refractivity contribution in [2.45, 2.75) is 46.1 Å². The van der Waals surface area contributed by atoms with Crippen molar-refractivity contribution in [1.29, 1.82) is 0 Å². The van der Waals surface area contributed by atoms with Gasteiger partial charge in [0.05, 0.1) is 35.3 Å². The number of carbonyl (C=O) groups excluding carboxylic acids is 1. The van der Waals surface area contributed by atoms with Gasteiger partial charge in [0.15, 0.2) is 0 Å². The van der Waals surface area contributed by atoms with Gasteiger partial charge in [-0.15, -0.1) is 0 Å². The fraction of sp³-hybridized carbons (Fsp3) is 0.414. The van der Waals surface area contributed by atoms with Gasteiger partial charge < -0.3 is 20.1 Å². The number of aliphatic hydroxyl groups is 1. The molecule has 0 aliphatic carbocycles. The Kier molecular flexibility index (Phi) is 7.00. The zero-order valence-electron chi connectivity index (χ0n) is 22.3. The molecule has 2 aromatic heterocycles. The van der Waals surface area contributed by atoms with Crippen LogP contribution in [0.1, 0.15) is 55.7 Å². The largest absolute Gasteiger partial charge is 0.477 e. The SMILES string of the molecule is C[C@@H]1C[C@H](C)CN(c2c(NC(=O)c3ccc(F)c(-c4c(F)cc(C(C)(C)O)cc4F)n3)cnc3c2CCO3)C1. The van der Waals surface area contributed by atoms with Crippen molar-refractivity contribution in [2.24, 2.45) is 11.8 Å². The minimum absolute atomic E-state index is 0.0162. The van der Waals surface area contributed by atoms with Gasteiger partial charge in [-0.05, 0) is 61.9 Å². The fourth-order valence-corrected chi connectivity index (χ4v) is 5.51. The molecule has 0 radical (unpaired) electrons. The molecular formula is C29H31F3N4O3. The average Bonchev–Trinajstić information content (AvgIpc) is 3.32. The van der Waals surface area contributed by atoms with Crippen LogP contribution in [0.2, 0.25) is 0 Å². The molecular weight excluding hydrogens is 509 g/mol. The molecule has 0 unspecified atom stereocenters. The number of carbonyl (C=O) groups is 1. The van der Waals surface area contributed by atoms with Crippen LogP contribution in [0.25, 0.3) is 11.3 Å². The summed E-state index contributed by atoms with van der Waals surface area (Å²) in [5.74, 6) is -2.42. The third-order valence-corrected chi connectivity index (χ3v) is 7.20. The van der Waals surface area contributed by atoms with E-state index in [-0.39, 0.29) is 11.3 Å². The summed E-state index contributed by atoms with van der Waals surface area (Å²) in [6.07, 6.45) is 3.29. The number of halogens is 3. The second-order valence-corrected chi connectivity index (χ2v) is 11.1. The Morgan fingerprint density at radius 1 is 1.10 bits per heavy atom. The summed E-state index contributed by atoms with van der Waals surface area (Å²) in [5, 5.41) is 13.0. The van der Waals surface area contributed by atoms with Crippen LogP contribution in [0.4, 0.5) is 24.5 Å². The Morgan fingerprint density at radius 2 is 1.77 bits per heavy atom. The van der Waals surface area contributed by atoms with Crippen molar-refractivity contribution in [1.82, 2.24) is 9.97 Å². The number of pyridine rings is 2. The zero-order chi connectivity index (χ0) is 28.1. The number of aromatic nitrogens is 2. The number of rotatable bonds is 5. The van der Waals surface area contributed by atoms with Crippen molar-refractivity contribution in [2.75, 3.05) is 29.9 Å². The number of nitrogens with one attached hydrogen (secondary N) is 1. The summed E-state index contributed by atoms with van der Waals surface area (Å²) < 4.78 is 50.3. The minimum atomic E-state index is -1.51. The first-order valence-electron chi connectivity index (χ1n) is 13.0. The van der Waals surface area contributed by atoms with Gasteiger partial charge in [-0.25, -0.2) is 23.1 Å². The van der Waals surface area contributed by atoms with E-state index in [1.54, 1.807) is 0 Å². The van der Waals surface area contributed by atoms with Crippen LogP contribution in [0.5, 0.6) is 5.88 Å². The highest BCUT2D eigenvalue weighted by Gasteiger charge is 2.31.